The van der Waals surface area contributed by atoms with Crippen LogP contribution in [0.3, 0.4) is 0 Å². The van der Waals surface area contributed by atoms with E-state index < -0.39 is 6.04 Å². The van der Waals surface area contributed by atoms with Crippen molar-refractivity contribution >= 4 is 23.6 Å². The summed E-state index contributed by atoms with van der Waals surface area (Å²) in [6.45, 7) is 6.47. The molecular weight excluding hydrogens is 440 g/mol. The minimum Gasteiger partial charge on any atom is -0.352 e. The van der Waals surface area contributed by atoms with Gasteiger partial charge in [0.2, 0.25) is 11.8 Å². The van der Waals surface area contributed by atoms with Crippen LogP contribution in [0.25, 0.3) is 0 Å². The van der Waals surface area contributed by atoms with E-state index in [9.17, 15) is 9.59 Å². The Kier molecular flexibility index (Phi) is 9.77. The molecule has 0 bridgehead atoms. The number of nitrogens with one attached hydrogen (secondary N) is 1. The van der Waals surface area contributed by atoms with Crippen molar-refractivity contribution in [1.82, 2.24) is 10.2 Å². The highest BCUT2D eigenvalue weighted by Gasteiger charge is 2.30. The predicted molar refractivity (Wildman–Crippen MR) is 141 cm³/mol. The van der Waals surface area contributed by atoms with Gasteiger partial charge in [0.1, 0.15) is 6.04 Å². The van der Waals surface area contributed by atoms with Crippen molar-refractivity contribution in [3.05, 3.63) is 102 Å². The molecule has 2 atom stereocenters. The van der Waals surface area contributed by atoms with Gasteiger partial charge in [-0.15, -0.1) is 11.8 Å². The van der Waals surface area contributed by atoms with Crippen LogP contribution in [0.15, 0.2) is 89.8 Å². The molecule has 0 unspecified atom stereocenters. The molecule has 0 spiro atoms. The first-order valence-electron chi connectivity index (χ1n) is 11.8. The van der Waals surface area contributed by atoms with Gasteiger partial charge in [0.05, 0.1) is 5.75 Å². The molecule has 4 nitrogen and oxygen atoms in total. The average molecular weight is 475 g/mol. The third-order valence-corrected chi connectivity index (χ3v) is 6.85. The van der Waals surface area contributed by atoms with Crippen LogP contribution in [-0.4, -0.2) is 34.6 Å². The molecular formula is C29H34N2O2S. The van der Waals surface area contributed by atoms with Gasteiger partial charge in [-0.05, 0) is 43.5 Å². The fraction of sp³-hybridized carbons (Fsp3) is 0.310. The zero-order chi connectivity index (χ0) is 24.3. The molecule has 5 heteroatoms. The highest BCUT2D eigenvalue weighted by atomic mass is 32.2. The second kappa shape index (κ2) is 13.0. The SMILES string of the molecule is CC[C@@H](C)NC(=O)[C@@H](Cc1ccccc1)N(Cc1ccccc1)C(=O)CSc1ccc(C)cc1. The van der Waals surface area contributed by atoms with E-state index in [4.69, 9.17) is 0 Å². The van der Waals surface area contributed by atoms with Gasteiger partial charge in [0, 0.05) is 23.9 Å². The number of carbonyl (C=O) groups is 2. The molecule has 0 heterocycles. The van der Waals surface area contributed by atoms with E-state index >= 15 is 0 Å². The maximum absolute atomic E-state index is 13.6. The number of aryl methyl sites for hydroxylation is 1. The van der Waals surface area contributed by atoms with E-state index in [0.717, 1.165) is 22.4 Å². The summed E-state index contributed by atoms with van der Waals surface area (Å²) in [5.41, 5.74) is 3.22. The van der Waals surface area contributed by atoms with E-state index in [-0.39, 0.29) is 23.6 Å². The van der Waals surface area contributed by atoms with Gasteiger partial charge >= 0.3 is 0 Å². The third kappa shape index (κ3) is 7.77. The van der Waals surface area contributed by atoms with E-state index in [0.29, 0.717) is 13.0 Å². The number of carbonyl (C=O) groups excluding carboxylic acids is 2. The largest absolute Gasteiger partial charge is 0.352 e. The van der Waals surface area contributed by atoms with Crippen molar-refractivity contribution in [3.63, 3.8) is 0 Å². The maximum atomic E-state index is 13.6. The molecule has 3 aromatic carbocycles. The summed E-state index contributed by atoms with van der Waals surface area (Å²) in [4.78, 5) is 29.9. The van der Waals surface area contributed by atoms with Crippen molar-refractivity contribution in [2.24, 2.45) is 0 Å². The molecule has 1 N–H and O–H groups in total. The first kappa shape index (κ1) is 25.6. The average Bonchev–Trinajstić information content (AvgIpc) is 2.86. The van der Waals surface area contributed by atoms with Gasteiger partial charge in [-0.3, -0.25) is 9.59 Å². The van der Waals surface area contributed by atoms with Crippen LogP contribution in [0.4, 0.5) is 0 Å². The summed E-state index contributed by atoms with van der Waals surface area (Å²) < 4.78 is 0. The van der Waals surface area contributed by atoms with Crippen LogP contribution in [0, 0.1) is 6.92 Å². The Morgan fingerprint density at radius 2 is 1.47 bits per heavy atom. The fourth-order valence-corrected chi connectivity index (χ4v) is 4.42. The fourth-order valence-electron chi connectivity index (χ4n) is 3.64. The highest BCUT2D eigenvalue weighted by Crippen LogP contribution is 2.21. The number of thioether (sulfide) groups is 1. The summed E-state index contributed by atoms with van der Waals surface area (Å²) in [6.07, 6.45) is 1.30. The van der Waals surface area contributed by atoms with E-state index in [2.05, 4.69) is 5.32 Å². The van der Waals surface area contributed by atoms with Crippen molar-refractivity contribution in [2.75, 3.05) is 5.75 Å². The molecule has 0 aromatic heterocycles. The second-order valence-electron chi connectivity index (χ2n) is 8.63. The first-order chi connectivity index (χ1) is 16.5. The zero-order valence-corrected chi connectivity index (χ0v) is 21.1. The summed E-state index contributed by atoms with van der Waals surface area (Å²) >= 11 is 1.51. The first-order valence-corrected chi connectivity index (χ1v) is 12.8. The Bertz CT molecular complexity index is 1040. The maximum Gasteiger partial charge on any atom is 0.243 e. The van der Waals surface area contributed by atoms with Crippen molar-refractivity contribution in [1.29, 1.82) is 0 Å². The monoisotopic (exact) mass is 474 g/mol. The summed E-state index contributed by atoms with van der Waals surface area (Å²) in [6, 6.07) is 27.4. The van der Waals surface area contributed by atoms with E-state index in [1.807, 2.05) is 106 Å². The number of benzene rings is 3. The van der Waals surface area contributed by atoms with Gasteiger partial charge in [-0.25, -0.2) is 0 Å². The lowest BCUT2D eigenvalue weighted by molar-refractivity contribution is -0.139. The highest BCUT2D eigenvalue weighted by molar-refractivity contribution is 8.00. The van der Waals surface area contributed by atoms with E-state index in [1.54, 1.807) is 4.90 Å². The number of rotatable bonds is 11. The van der Waals surface area contributed by atoms with Crippen molar-refractivity contribution < 1.29 is 9.59 Å². The van der Waals surface area contributed by atoms with Crippen LogP contribution < -0.4 is 5.32 Å². The zero-order valence-electron chi connectivity index (χ0n) is 20.2. The standard InChI is InChI=1S/C29H34N2O2S/c1-4-23(3)30-29(33)27(19-24-11-7-5-8-12-24)31(20-25-13-9-6-10-14-25)28(32)21-34-26-17-15-22(2)16-18-26/h5-18,23,27H,4,19-21H2,1-3H3,(H,30,33)/t23-,27-/m1/s1. The number of hydrogen-bond acceptors (Lipinski definition) is 3. The summed E-state index contributed by atoms with van der Waals surface area (Å²) in [7, 11) is 0. The van der Waals surface area contributed by atoms with Gasteiger partial charge < -0.3 is 10.2 Å². The Labute approximate surface area is 207 Å². The summed E-state index contributed by atoms with van der Waals surface area (Å²) in [5, 5.41) is 3.11. The Morgan fingerprint density at radius 3 is 2.06 bits per heavy atom. The van der Waals surface area contributed by atoms with Crippen LogP contribution in [0.2, 0.25) is 0 Å². The van der Waals surface area contributed by atoms with Crippen LogP contribution >= 0.6 is 11.8 Å². The molecule has 0 aliphatic rings. The normalized spacial score (nSPS) is 12.6. The molecule has 0 fully saturated rings. The minimum absolute atomic E-state index is 0.0429. The minimum atomic E-state index is -0.595. The van der Waals surface area contributed by atoms with Gasteiger partial charge in [-0.1, -0.05) is 85.3 Å². The lowest BCUT2D eigenvalue weighted by atomic mass is 10.0. The smallest absolute Gasteiger partial charge is 0.243 e. The van der Waals surface area contributed by atoms with Crippen LogP contribution in [-0.2, 0) is 22.6 Å². The molecule has 3 rings (SSSR count). The topological polar surface area (TPSA) is 49.4 Å². The lowest BCUT2D eigenvalue weighted by Gasteiger charge is -2.32. The quantitative estimate of drug-likeness (QED) is 0.366. The Morgan fingerprint density at radius 1 is 0.882 bits per heavy atom. The third-order valence-electron chi connectivity index (χ3n) is 5.85. The molecule has 0 saturated carbocycles. The lowest BCUT2D eigenvalue weighted by Crippen LogP contribution is -2.52. The Hall–Kier alpha value is -3.05. The summed E-state index contributed by atoms with van der Waals surface area (Å²) in [5.74, 6) is 0.120. The van der Waals surface area contributed by atoms with Crippen LogP contribution in [0.1, 0.15) is 37.0 Å². The molecule has 0 aliphatic heterocycles. The van der Waals surface area contributed by atoms with Crippen molar-refractivity contribution in [2.45, 2.75) is 57.1 Å². The van der Waals surface area contributed by atoms with Gasteiger partial charge in [-0.2, -0.15) is 0 Å². The predicted octanol–water partition coefficient (Wildman–Crippen LogP) is 5.64. The molecule has 0 aliphatic carbocycles. The molecule has 34 heavy (non-hydrogen) atoms. The van der Waals surface area contributed by atoms with E-state index in [1.165, 1.54) is 17.3 Å². The van der Waals surface area contributed by atoms with Crippen LogP contribution in [0.5, 0.6) is 0 Å². The Balaban J connectivity index is 1.88. The molecule has 178 valence electrons. The number of amides is 2. The molecule has 2 amide bonds. The van der Waals surface area contributed by atoms with Gasteiger partial charge in [0.15, 0.2) is 0 Å². The van der Waals surface area contributed by atoms with Gasteiger partial charge in [0.25, 0.3) is 0 Å². The molecule has 0 saturated heterocycles. The van der Waals surface area contributed by atoms with Crippen molar-refractivity contribution in [3.8, 4) is 0 Å². The molecule has 0 radical (unpaired) electrons. The number of nitrogens with zero attached hydrogens (tertiary/aromatic N) is 1. The molecule has 3 aromatic rings. The number of hydrogen-bond donors (Lipinski definition) is 1. The second-order valence-corrected chi connectivity index (χ2v) is 9.68.